The first kappa shape index (κ1) is 13.0. The van der Waals surface area contributed by atoms with Crippen LogP contribution in [-0.2, 0) is 0 Å². The molecule has 0 spiro atoms. The Labute approximate surface area is 127 Å². The third kappa shape index (κ3) is 2.26. The van der Waals surface area contributed by atoms with E-state index in [9.17, 15) is 4.79 Å². The number of carbonyl (C=O) groups is 1. The van der Waals surface area contributed by atoms with E-state index in [4.69, 9.17) is 0 Å². The number of hydrogen-bond donors (Lipinski definition) is 2. The number of rotatable bonds is 3. The lowest BCUT2D eigenvalue weighted by atomic mass is 9.95. The molecule has 2 bridgehead atoms. The Bertz CT molecular complexity index is 723. The van der Waals surface area contributed by atoms with Crippen molar-refractivity contribution in [1.82, 2.24) is 15.6 Å². The molecule has 2 N–H and O–H groups in total. The molecule has 5 heteroatoms. The Kier molecular flexibility index (Phi) is 3.05. The van der Waals surface area contributed by atoms with Crippen molar-refractivity contribution in [2.75, 3.05) is 0 Å². The zero-order valence-corrected chi connectivity index (χ0v) is 12.5. The molecule has 21 heavy (non-hydrogen) atoms. The van der Waals surface area contributed by atoms with Crippen molar-refractivity contribution in [3.63, 3.8) is 0 Å². The summed E-state index contributed by atoms with van der Waals surface area (Å²) in [6.45, 7) is 3.78. The molecule has 2 aromatic heterocycles. The smallest absolute Gasteiger partial charge is 0.270 e. The molecule has 0 unspecified atom stereocenters. The van der Waals surface area contributed by atoms with Gasteiger partial charge in [0.2, 0.25) is 0 Å². The van der Waals surface area contributed by atoms with Crippen LogP contribution in [0.4, 0.5) is 0 Å². The first-order valence-corrected chi connectivity index (χ1v) is 8.13. The molecule has 0 radical (unpaired) electrons. The van der Waals surface area contributed by atoms with Gasteiger partial charge in [0.1, 0.15) is 5.69 Å². The van der Waals surface area contributed by atoms with Gasteiger partial charge >= 0.3 is 0 Å². The summed E-state index contributed by atoms with van der Waals surface area (Å²) in [5, 5.41) is 7.72. The average molecular weight is 299 g/mol. The van der Waals surface area contributed by atoms with Gasteiger partial charge in [0.15, 0.2) is 0 Å². The molecule has 2 fully saturated rings. The van der Waals surface area contributed by atoms with E-state index < -0.39 is 0 Å². The Morgan fingerprint density at radius 1 is 1.48 bits per heavy atom. The highest BCUT2D eigenvalue weighted by atomic mass is 32.1. The maximum Gasteiger partial charge on any atom is 0.270 e. The maximum atomic E-state index is 12.4. The van der Waals surface area contributed by atoms with Crippen LogP contribution >= 0.6 is 11.3 Å². The SMILES string of the molecule is C=Cc1cc2cc(C(=O)N[C@@H]3C[C@H]4CC[C@@H]3N4)ncc2s1. The van der Waals surface area contributed by atoms with E-state index in [2.05, 4.69) is 22.2 Å². The Balaban J connectivity index is 1.54. The second-order valence-corrected chi connectivity index (χ2v) is 6.94. The standard InChI is InChI=1S/C16H17N3OS/c1-2-11-5-9-6-14(17-8-15(9)21-11)16(20)19-13-7-10-3-4-12(13)18-10/h2,5-6,8,10,12-13,18H,1,3-4,7H2,(H,19,20)/t10-,12+,13-/m1/s1. The fraction of sp³-hybridized carbons (Fsp3) is 0.375. The van der Waals surface area contributed by atoms with Crippen LogP contribution in [0.25, 0.3) is 16.2 Å². The van der Waals surface area contributed by atoms with E-state index in [0.29, 0.717) is 17.8 Å². The summed E-state index contributed by atoms with van der Waals surface area (Å²) in [5.74, 6) is -0.0670. The number of amides is 1. The first-order valence-electron chi connectivity index (χ1n) is 7.32. The largest absolute Gasteiger partial charge is 0.346 e. The number of hydrogen-bond acceptors (Lipinski definition) is 4. The number of nitrogens with zero attached hydrogens (tertiary/aromatic N) is 1. The fourth-order valence-corrected chi connectivity index (χ4v) is 4.28. The normalized spacial score (nSPS) is 27.1. The minimum atomic E-state index is -0.0670. The van der Waals surface area contributed by atoms with Crippen molar-refractivity contribution in [2.45, 2.75) is 37.4 Å². The lowest BCUT2D eigenvalue weighted by Gasteiger charge is -2.21. The van der Waals surface area contributed by atoms with Gasteiger partial charge in [-0.3, -0.25) is 4.79 Å². The van der Waals surface area contributed by atoms with Gasteiger partial charge in [-0.15, -0.1) is 11.3 Å². The van der Waals surface area contributed by atoms with Crippen LogP contribution in [0.5, 0.6) is 0 Å². The number of aromatic nitrogens is 1. The van der Waals surface area contributed by atoms with Crippen LogP contribution < -0.4 is 10.6 Å². The number of carbonyl (C=O) groups excluding carboxylic acids is 1. The van der Waals surface area contributed by atoms with Crippen molar-refractivity contribution in [2.24, 2.45) is 0 Å². The van der Waals surface area contributed by atoms with Crippen LogP contribution in [-0.4, -0.2) is 29.0 Å². The zero-order valence-electron chi connectivity index (χ0n) is 11.6. The Hall–Kier alpha value is -1.72. The van der Waals surface area contributed by atoms with E-state index in [1.165, 1.54) is 6.42 Å². The maximum absolute atomic E-state index is 12.4. The summed E-state index contributed by atoms with van der Waals surface area (Å²) in [6.07, 6.45) is 7.04. The molecule has 1 amide bonds. The second kappa shape index (κ2) is 4.93. The van der Waals surface area contributed by atoms with Crippen LogP contribution in [0.15, 0.2) is 24.9 Å². The quantitative estimate of drug-likeness (QED) is 0.916. The highest BCUT2D eigenvalue weighted by Crippen LogP contribution is 2.29. The molecule has 0 saturated carbocycles. The van der Waals surface area contributed by atoms with E-state index in [1.807, 2.05) is 18.2 Å². The van der Waals surface area contributed by atoms with Crippen molar-refractivity contribution in [1.29, 1.82) is 0 Å². The first-order chi connectivity index (χ1) is 10.2. The van der Waals surface area contributed by atoms with E-state index >= 15 is 0 Å². The van der Waals surface area contributed by atoms with Gasteiger partial charge in [-0.05, 0) is 36.8 Å². The van der Waals surface area contributed by atoms with Gasteiger partial charge in [0, 0.05) is 29.2 Å². The van der Waals surface area contributed by atoms with E-state index in [-0.39, 0.29) is 11.9 Å². The molecular weight excluding hydrogens is 282 g/mol. The minimum Gasteiger partial charge on any atom is -0.346 e. The average Bonchev–Trinajstić information content (AvgIpc) is 3.20. The van der Waals surface area contributed by atoms with Gasteiger partial charge in [-0.1, -0.05) is 12.7 Å². The number of fused-ring (bicyclic) bond motifs is 3. The molecule has 2 aliphatic rings. The van der Waals surface area contributed by atoms with Gasteiger partial charge in [-0.2, -0.15) is 0 Å². The van der Waals surface area contributed by atoms with Gasteiger partial charge in [-0.25, -0.2) is 4.98 Å². The second-order valence-electron chi connectivity index (χ2n) is 5.82. The summed E-state index contributed by atoms with van der Waals surface area (Å²) >= 11 is 1.64. The van der Waals surface area contributed by atoms with Crippen LogP contribution in [0.3, 0.4) is 0 Å². The van der Waals surface area contributed by atoms with Gasteiger partial charge < -0.3 is 10.6 Å². The summed E-state index contributed by atoms with van der Waals surface area (Å²) in [5.41, 5.74) is 0.499. The molecule has 2 aromatic rings. The molecule has 108 valence electrons. The number of nitrogens with one attached hydrogen (secondary N) is 2. The molecule has 0 aromatic carbocycles. The molecule has 4 heterocycles. The van der Waals surface area contributed by atoms with E-state index in [1.54, 1.807) is 17.5 Å². The van der Waals surface area contributed by atoms with Crippen molar-refractivity contribution in [3.8, 4) is 0 Å². The molecule has 4 nitrogen and oxygen atoms in total. The number of pyridine rings is 1. The Morgan fingerprint density at radius 3 is 3.10 bits per heavy atom. The monoisotopic (exact) mass is 299 g/mol. The highest BCUT2D eigenvalue weighted by Gasteiger charge is 2.39. The van der Waals surface area contributed by atoms with Crippen molar-refractivity contribution < 1.29 is 4.79 Å². The number of thiophene rings is 1. The van der Waals surface area contributed by atoms with Gasteiger partial charge in [0.25, 0.3) is 5.91 Å². The molecule has 2 saturated heterocycles. The topological polar surface area (TPSA) is 54.0 Å². The molecular formula is C16H17N3OS. The fourth-order valence-electron chi connectivity index (χ4n) is 3.42. The van der Waals surface area contributed by atoms with Crippen LogP contribution in [0.1, 0.15) is 34.6 Å². The van der Waals surface area contributed by atoms with Crippen molar-refractivity contribution >= 4 is 33.4 Å². The lowest BCUT2D eigenvalue weighted by molar-refractivity contribution is 0.0926. The zero-order chi connectivity index (χ0) is 14.4. The summed E-state index contributed by atoms with van der Waals surface area (Å²) in [6, 6.07) is 5.19. The predicted molar refractivity (Wildman–Crippen MR) is 85.5 cm³/mol. The third-order valence-corrected chi connectivity index (χ3v) is 5.55. The summed E-state index contributed by atoms with van der Waals surface area (Å²) < 4.78 is 1.09. The molecule has 2 aliphatic heterocycles. The molecule has 4 rings (SSSR count). The lowest BCUT2D eigenvalue weighted by Crippen LogP contribution is -2.43. The van der Waals surface area contributed by atoms with Gasteiger partial charge in [0.05, 0.1) is 4.70 Å². The molecule has 3 atom stereocenters. The van der Waals surface area contributed by atoms with Crippen LogP contribution in [0, 0.1) is 0 Å². The summed E-state index contributed by atoms with van der Waals surface area (Å²) in [4.78, 5) is 17.8. The highest BCUT2D eigenvalue weighted by molar-refractivity contribution is 7.19. The van der Waals surface area contributed by atoms with Crippen molar-refractivity contribution in [3.05, 3.63) is 35.5 Å². The minimum absolute atomic E-state index is 0.0670. The van der Waals surface area contributed by atoms with E-state index in [0.717, 1.165) is 27.8 Å². The molecule has 0 aliphatic carbocycles. The predicted octanol–water partition coefficient (Wildman–Crippen LogP) is 2.56. The third-order valence-electron chi connectivity index (χ3n) is 4.47. The Morgan fingerprint density at radius 2 is 2.38 bits per heavy atom. The summed E-state index contributed by atoms with van der Waals surface area (Å²) in [7, 11) is 0. The van der Waals surface area contributed by atoms with Crippen LogP contribution in [0.2, 0.25) is 0 Å².